The van der Waals surface area contributed by atoms with Gasteiger partial charge in [0.1, 0.15) is 17.1 Å². The molecule has 2 aromatic rings. The second-order valence-electron chi connectivity index (χ2n) is 5.61. The van der Waals surface area contributed by atoms with E-state index >= 15 is 0 Å². The van der Waals surface area contributed by atoms with Gasteiger partial charge in [-0.05, 0) is 51.5 Å². The molecule has 0 fully saturated rings. The number of nitrogens with one attached hydrogen (secondary N) is 1. The summed E-state index contributed by atoms with van der Waals surface area (Å²) in [5.41, 5.74) is 1.64. The van der Waals surface area contributed by atoms with Gasteiger partial charge in [0.25, 0.3) is 0 Å². The lowest BCUT2D eigenvalue weighted by atomic mass is 10.2. The van der Waals surface area contributed by atoms with Crippen molar-refractivity contribution in [3.63, 3.8) is 0 Å². The molecule has 0 spiro atoms. The highest BCUT2D eigenvalue weighted by molar-refractivity contribution is 5.90. The Morgan fingerprint density at radius 1 is 1.32 bits per heavy atom. The largest absolute Gasteiger partial charge is 0.494 e. The van der Waals surface area contributed by atoms with Crippen LogP contribution in [0.2, 0.25) is 0 Å². The molecule has 0 aliphatic carbocycles. The number of carbonyl (C=O) groups excluding carboxylic acids is 1. The number of ether oxygens (including phenoxy) is 1. The number of aromatic nitrogens is 2. The molecule has 0 atom stereocenters. The van der Waals surface area contributed by atoms with Crippen LogP contribution in [0.1, 0.15) is 31.2 Å². The van der Waals surface area contributed by atoms with E-state index in [0.717, 1.165) is 5.75 Å². The molecule has 1 aromatic carbocycles. The van der Waals surface area contributed by atoms with Crippen molar-refractivity contribution in [1.82, 2.24) is 9.78 Å². The van der Waals surface area contributed by atoms with Crippen molar-refractivity contribution in [2.45, 2.75) is 40.2 Å². The van der Waals surface area contributed by atoms with Crippen LogP contribution >= 0.6 is 0 Å². The van der Waals surface area contributed by atoms with Crippen molar-refractivity contribution in [2.75, 3.05) is 11.9 Å². The zero-order valence-corrected chi connectivity index (χ0v) is 14.6. The minimum Gasteiger partial charge on any atom is -0.494 e. The maximum Gasteiger partial charge on any atom is 0.312 e. The quantitative estimate of drug-likeness (QED) is 0.584. The van der Waals surface area contributed by atoms with Crippen LogP contribution in [-0.2, 0) is 11.3 Å². The molecule has 8 heteroatoms. The van der Waals surface area contributed by atoms with E-state index in [2.05, 4.69) is 10.4 Å². The summed E-state index contributed by atoms with van der Waals surface area (Å²) in [5, 5.41) is 18.0. The molecule has 134 valence electrons. The number of rotatable bonds is 8. The average molecular weight is 346 g/mol. The van der Waals surface area contributed by atoms with Crippen LogP contribution in [0.25, 0.3) is 0 Å². The number of anilines is 1. The first-order chi connectivity index (χ1) is 11.9. The van der Waals surface area contributed by atoms with Crippen LogP contribution in [-0.4, -0.2) is 27.2 Å². The molecule has 0 radical (unpaired) electrons. The molecule has 1 amide bonds. The highest BCUT2D eigenvalue weighted by Gasteiger charge is 2.21. The maximum atomic E-state index is 12.0. The first-order valence-electron chi connectivity index (χ1n) is 8.13. The number of hydrogen-bond acceptors (Lipinski definition) is 5. The molecule has 0 bridgehead atoms. The molecule has 1 N–H and O–H groups in total. The smallest absolute Gasteiger partial charge is 0.312 e. The van der Waals surface area contributed by atoms with E-state index in [-0.39, 0.29) is 11.6 Å². The van der Waals surface area contributed by atoms with Crippen molar-refractivity contribution in [2.24, 2.45) is 0 Å². The zero-order chi connectivity index (χ0) is 18.4. The number of carbonyl (C=O) groups is 1. The molecule has 0 unspecified atom stereocenters. The highest BCUT2D eigenvalue weighted by atomic mass is 16.6. The molecular formula is C17H22N4O4. The maximum absolute atomic E-state index is 12.0. The van der Waals surface area contributed by atoms with E-state index in [1.165, 1.54) is 0 Å². The molecule has 0 aliphatic heterocycles. The van der Waals surface area contributed by atoms with Gasteiger partial charge in [-0.25, -0.2) is 0 Å². The number of amides is 1. The summed E-state index contributed by atoms with van der Waals surface area (Å²) in [6.07, 6.45) is 0.849. The fraction of sp³-hybridized carbons (Fsp3) is 0.412. The van der Waals surface area contributed by atoms with E-state index in [9.17, 15) is 14.9 Å². The predicted octanol–water partition coefficient (Wildman–Crippen LogP) is 3.23. The van der Waals surface area contributed by atoms with E-state index in [1.54, 1.807) is 42.8 Å². The van der Waals surface area contributed by atoms with E-state index in [1.807, 2.05) is 6.92 Å². The number of benzene rings is 1. The van der Waals surface area contributed by atoms with Gasteiger partial charge in [0.15, 0.2) is 0 Å². The molecule has 0 saturated carbocycles. The summed E-state index contributed by atoms with van der Waals surface area (Å²) in [4.78, 5) is 22.6. The summed E-state index contributed by atoms with van der Waals surface area (Å²) in [5.74, 6) is 0.645. The zero-order valence-electron chi connectivity index (χ0n) is 14.6. The molecular weight excluding hydrogens is 324 g/mol. The minimum absolute atomic E-state index is 0.0406. The Bertz CT molecular complexity index is 753. The molecule has 0 saturated heterocycles. The first kappa shape index (κ1) is 18.4. The van der Waals surface area contributed by atoms with Crippen LogP contribution in [0.15, 0.2) is 24.3 Å². The van der Waals surface area contributed by atoms with Gasteiger partial charge in [-0.1, -0.05) is 0 Å². The highest BCUT2D eigenvalue weighted by Crippen LogP contribution is 2.22. The normalized spacial score (nSPS) is 10.5. The third-order valence-corrected chi connectivity index (χ3v) is 3.75. The van der Waals surface area contributed by atoms with Crippen LogP contribution in [0.3, 0.4) is 0 Å². The Morgan fingerprint density at radius 2 is 2.00 bits per heavy atom. The summed E-state index contributed by atoms with van der Waals surface area (Å²) < 4.78 is 6.93. The monoisotopic (exact) mass is 346 g/mol. The van der Waals surface area contributed by atoms with Gasteiger partial charge in [0.05, 0.1) is 11.5 Å². The predicted molar refractivity (Wildman–Crippen MR) is 93.8 cm³/mol. The Morgan fingerprint density at radius 3 is 2.56 bits per heavy atom. The van der Waals surface area contributed by atoms with E-state index < -0.39 is 4.92 Å². The summed E-state index contributed by atoms with van der Waals surface area (Å²) in [7, 11) is 0. The van der Waals surface area contributed by atoms with Crippen molar-refractivity contribution >= 4 is 17.3 Å². The second-order valence-corrected chi connectivity index (χ2v) is 5.61. The molecule has 2 rings (SSSR count). The Kier molecular flexibility index (Phi) is 6.10. The third-order valence-electron chi connectivity index (χ3n) is 3.75. The van der Waals surface area contributed by atoms with Gasteiger partial charge in [0.2, 0.25) is 5.91 Å². The summed E-state index contributed by atoms with van der Waals surface area (Å²) in [6, 6.07) is 7.17. The first-order valence-corrected chi connectivity index (χ1v) is 8.13. The fourth-order valence-corrected chi connectivity index (χ4v) is 2.58. The van der Waals surface area contributed by atoms with Gasteiger partial charge >= 0.3 is 5.69 Å². The van der Waals surface area contributed by atoms with E-state index in [0.29, 0.717) is 43.1 Å². The molecule has 1 aromatic heterocycles. The van der Waals surface area contributed by atoms with Crippen molar-refractivity contribution in [3.05, 3.63) is 45.8 Å². The van der Waals surface area contributed by atoms with Gasteiger partial charge in [-0.2, -0.15) is 5.10 Å². The van der Waals surface area contributed by atoms with E-state index in [4.69, 9.17) is 4.74 Å². The number of nitrogens with zero attached hydrogens (tertiary/aromatic N) is 3. The lowest BCUT2D eigenvalue weighted by Crippen LogP contribution is -2.13. The standard InChI is InChI=1S/C17H22N4O4/c1-4-25-15-9-7-14(8-10-15)18-16(22)6-5-11-20-13(3)17(21(23)24)12(2)19-20/h7-10H,4-6,11H2,1-3H3,(H,18,22). The number of hydrogen-bond donors (Lipinski definition) is 1. The van der Waals surface area contributed by atoms with Crippen LogP contribution in [0, 0.1) is 24.0 Å². The molecule has 25 heavy (non-hydrogen) atoms. The van der Waals surface area contributed by atoms with Gasteiger partial charge in [-0.3, -0.25) is 19.6 Å². The number of aryl methyl sites for hydroxylation is 2. The topological polar surface area (TPSA) is 99.3 Å². The second kappa shape index (κ2) is 8.27. The lowest BCUT2D eigenvalue weighted by Gasteiger charge is -2.07. The Labute approximate surface area is 145 Å². The Hall–Kier alpha value is -2.90. The summed E-state index contributed by atoms with van der Waals surface area (Å²) >= 11 is 0. The molecule has 8 nitrogen and oxygen atoms in total. The average Bonchev–Trinajstić information content (AvgIpc) is 2.83. The van der Waals surface area contributed by atoms with Crippen LogP contribution in [0.4, 0.5) is 11.4 Å². The Balaban J connectivity index is 1.84. The van der Waals surface area contributed by atoms with Crippen molar-refractivity contribution < 1.29 is 14.5 Å². The minimum atomic E-state index is -0.424. The van der Waals surface area contributed by atoms with Crippen LogP contribution < -0.4 is 10.1 Å². The third kappa shape index (κ3) is 4.79. The molecule has 1 heterocycles. The van der Waals surface area contributed by atoms with Crippen molar-refractivity contribution in [1.29, 1.82) is 0 Å². The summed E-state index contributed by atoms with van der Waals surface area (Å²) in [6.45, 7) is 6.24. The fourth-order valence-electron chi connectivity index (χ4n) is 2.58. The van der Waals surface area contributed by atoms with Gasteiger partial charge in [0, 0.05) is 18.7 Å². The number of nitro groups is 1. The van der Waals surface area contributed by atoms with Gasteiger partial charge in [-0.15, -0.1) is 0 Å². The van der Waals surface area contributed by atoms with Crippen molar-refractivity contribution in [3.8, 4) is 5.75 Å². The SMILES string of the molecule is CCOc1ccc(NC(=O)CCCn2nc(C)c([N+](=O)[O-])c2C)cc1. The van der Waals surface area contributed by atoms with Gasteiger partial charge < -0.3 is 10.1 Å². The van der Waals surface area contributed by atoms with Crippen LogP contribution in [0.5, 0.6) is 5.75 Å². The molecule has 0 aliphatic rings. The lowest BCUT2D eigenvalue weighted by molar-refractivity contribution is -0.386.